The highest BCUT2D eigenvalue weighted by molar-refractivity contribution is 6.30. The van der Waals surface area contributed by atoms with Crippen molar-refractivity contribution in [2.75, 3.05) is 14.2 Å². The highest BCUT2D eigenvalue weighted by Gasteiger charge is 2.21. The number of halogens is 1. The third-order valence-electron chi connectivity index (χ3n) is 3.49. The van der Waals surface area contributed by atoms with Gasteiger partial charge in [-0.15, -0.1) is 0 Å². The van der Waals surface area contributed by atoms with Crippen molar-refractivity contribution in [3.8, 4) is 0 Å². The van der Waals surface area contributed by atoms with Gasteiger partial charge in [-0.05, 0) is 36.7 Å². The average molecular weight is 290 g/mol. The molecule has 0 aromatic heterocycles. The topological polar surface area (TPSA) is 21.3 Å². The van der Waals surface area contributed by atoms with Gasteiger partial charge in [0.05, 0.1) is 6.10 Å². The first-order valence-corrected chi connectivity index (χ1v) is 7.12. The number of likely N-dealkylation sites (N-methyl/N-ethyl adjacent to an activating group) is 1. The van der Waals surface area contributed by atoms with Gasteiger partial charge in [0.25, 0.3) is 0 Å². The molecule has 0 saturated heterocycles. The van der Waals surface area contributed by atoms with E-state index in [9.17, 15) is 0 Å². The molecule has 0 bridgehead atoms. The fourth-order valence-corrected chi connectivity index (χ4v) is 2.54. The summed E-state index contributed by atoms with van der Waals surface area (Å²) >= 11 is 5.93. The lowest BCUT2D eigenvalue weighted by molar-refractivity contribution is 0.0704. The van der Waals surface area contributed by atoms with Crippen LogP contribution in [0.15, 0.2) is 54.6 Å². The summed E-state index contributed by atoms with van der Waals surface area (Å²) in [5.74, 6) is 0. The second-order valence-electron chi connectivity index (χ2n) is 4.79. The second-order valence-corrected chi connectivity index (χ2v) is 5.23. The van der Waals surface area contributed by atoms with Crippen LogP contribution in [-0.2, 0) is 11.2 Å². The molecule has 2 unspecified atom stereocenters. The zero-order valence-electron chi connectivity index (χ0n) is 11.8. The molecule has 0 aliphatic rings. The van der Waals surface area contributed by atoms with Gasteiger partial charge in [-0.2, -0.15) is 0 Å². The first-order valence-electron chi connectivity index (χ1n) is 6.74. The Morgan fingerprint density at radius 1 is 1.05 bits per heavy atom. The van der Waals surface area contributed by atoms with Gasteiger partial charge in [0, 0.05) is 18.2 Å². The van der Waals surface area contributed by atoms with Crippen LogP contribution < -0.4 is 5.32 Å². The van der Waals surface area contributed by atoms with Gasteiger partial charge in [-0.25, -0.2) is 0 Å². The molecule has 2 atom stereocenters. The summed E-state index contributed by atoms with van der Waals surface area (Å²) in [5.41, 5.74) is 2.43. The van der Waals surface area contributed by atoms with E-state index in [-0.39, 0.29) is 12.1 Å². The van der Waals surface area contributed by atoms with Crippen LogP contribution in [0.1, 0.15) is 17.2 Å². The molecule has 0 heterocycles. The molecule has 2 aromatic rings. The van der Waals surface area contributed by atoms with Crippen LogP contribution in [0.25, 0.3) is 0 Å². The number of rotatable bonds is 6. The summed E-state index contributed by atoms with van der Waals surface area (Å²) in [6, 6.07) is 18.5. The maximum absolute atomic E-state index is 5.93. The lowest BCUT2D eigenvalue weighted by atomic mass is 9.96. The predicted octanol–water partition coefficient (Wildman–Crippen LogP) is 3.86. The van der Waals surface area contributed by atoms with Crippen molar-refractivity contribution in [1.29, 1.82) is 0 Å². The Morgan fingerprint density at radius 2 is 1.70 bits per heavy atom. The van der Waals surface area contributed by atoms with Crippen molar-refractivity contribution >= 4 is 11.6 Å². The van der Waals surface area contributed by atoms with Gasteiger partial charge >= 0.3 is 0 Å². The van der Waals surface area contributed by atoms with E-state index in [0.717, 1.165) is 11.4 Å². The van der Waals surface area contributed by atoms with Gasteiger partial charge in [-0.1, -0.05) is 54.1 Å². The summed E-state index contributed by atoms with van der Waals surface area (Å²) in [4.78, 5) is 0. The number of nitrogens with one attached hydrogen (secondary N) is 1. The molecule has 0 aliphatic heterocycles. The van der Waals surface area contributed by atoms with Crippen LogP contribution in [0.3, 0.4) is 0 Å². The van der Waals surface area contributed by atoms with Gasteiger partial charge in [0.15, 0.2) is 0 Å². The van der Waals surface area contributed by atoms with E-state index < -0.39 is 0 Å². The number of methoxy groups -OCH3 is 1. The molecular formula is C17H20ClNO. The second kappa shape index (κ2) is 7.44. The van der Waals surface area contributed by atoms with Crippen molar-refractivity contribution in [3.63, 3.8) is 0 Å². The highest BCUT2D eigenvalue weighted by atomic mass is 35.5. The molecule has 0 spiro atoms. The number of benzene rings is 2. The fourth-order valence-electron chi connectivity index (χ4n) is 2.41. The lowest BCUT2D eigenvalue weighted by Crippen LogP contribution is -2.35. The van der Waals surface area contributed by atoms with E-state index in [1.807, 2.05) is 37.4 Å². The van der Waals surface area contributed by atoms with Crippen molar-refractivity contribution in [1.82, 2.24) is 5.32 Å². The smallest absolute Gasteiger partial charge is 0.0977 e. The average Bonchev–Trinajstić information content (AvgIpc) is 2.50. The Morgan fingerprint density at radius 3 is 2.25 bits per heavy atom. The van der Waals surface area contributed by atoms with Crippen LogP contribution in [0.2, 0.25) is 5.02 Å². The molecule has 0 fully saturated rings. The number of ether oxygens (including phenoxy) is 1. The molecule has 0 aliphatic carbocycles. The number of hydrogen-bond acceptors (Lipinski definition) is 2. The Labute approximate surface area is 125 Å². The van der Waals surface area contributed by atoms with E-state index in [1.165, 1.54) is 11.1 Å². The van der Waals surface area contributed by atoms with Crippen molar-refractivity contribution in [2.24, 2.45) is 0 Å². The summed E-state index contributed by atoms with van der Waals surface area (Å²) in [7, 11) is 3.72. The van der Waals surface area contributed by atoms with Crippen molar-refractivity contribution < 1.29 is 4.74 Å². The molecule has 2 nitrogen and oxygen atoms in total. The zero-order chi connectivity index (χ0) is 14.4. The van der Waals surface area contributed by atoms with E-state index in [0.29, 0.717) is 0 Å². The summed E-state index contributed by atoms with van der Waals surface area (Å²) in [5, 5.41) is 4.12. The minimum Gasteiger partial charge on any atom is -0.375 e. The molecule has 2 rings (SSSR count). The molecule has 0 radical (unpaired) electrons. The van der Waals surface area contributed by atoms with Gasteiger partial charge in [0.2, 0.25) is 0 Å². The maximum atomic E-state index is 5.93. The SMILES string of the molecule is CNC(Cc1ccc(Cl)cc1)C(OC)c1ccccc1. The Balaban J connectivity index is 2.15. The highest BCUT2D eigenvalue weighted by Crippen LogP contribution is 2.23. The van der Waals surface area contributed by atoms with Gasteiger partial charge in [0.1, 0.15) is 0 Å². The molecule has 2 aromatic carbocycles. The summed E-state index contributed by atoms with van der Waals surface area (Å²) in [6.07, 6.45) is 0.915. The molecule has 1 N–H and O–H groups in total. The molecule has 3 heteroatoms. The summed E-state index contributed by atoms with van der Waals surface area (Å²) < 4.78 is 5.70. The molecular weight excluding hydrogens is 270 g/mol. The van der Waals surface area contributed by atoms with Crippen molar-refractivity contribution in [2.45, 2.75) is 18.6 Å². The minimum atomic E-state index is 0.0249. The lowest BCUT2D eigenvalue weighted by Gasteiger charge is -2.26. The summed E-state index contributed by atoms with van der Waals surface area (Å²) in [6.45, 7) is 0. The van der Waals surface area contributed by atoms with Crippen LogP contribution in [-0.4, -0.2) is 20.2 Å². The van der Waals surface area contributed by atoms with E-state index >= 15 is 0 Å². The predicted molar refractivity (Wildman–Crippen MR) is 84.2 cm³/mol. The van der Waals surface area contributed by atoms with E-state index in [4.69, 9.17) is 16.3 Å². The van der Waals surface area contributed by atoms with Crippen molar-refractivity contribution in [3.05, 3.63) is 70.7 Å². The van der Waals surface area contributed by atoms with Gasteiger partial charge in [-0.3, -0.25) is 0 Å². The minimum absolute atomic E-state index is 0.0249. The standard InChI is InChI=1S/C17H20ClNO/c1-19-16(12-13-8-10-15(18)11-9-13)17(20-2)14-6-4-3-5-7-14/h3-11,16-17,19H,12H2,1-2H3. The van der Waals surface area contributed by atoms with Crippen LogP contribution >= 0.6 is 11.6 Å². The quantitative estimate of drug-likeness (QED) is 0.872. The van der Waals surface area contributed by atoms with Gasteiger partial charge < -0.3 is 10.1 Å². The van der Waals surface area contributed by atoms with Crippen LogP contribution in [0.4, 0.5) is 0 Å². The van der Waals surface area contributed by atoms with E-state index in [2.05, 4.69) is 29.6 Å². The Bertz CT molecular complexity index is 512. The fraction of sp³-hybridized carbons (Fsp3) is 0.294. The molecule has 20 heavy (non-hydrogen) atoms. The Hall–Kier alpha value is -1.35. The first kappa shape index (κ1) is 15.0. The third kappa shape index (κ3) is 3.83. The molecule has 0 saturated carbocycles. The number of hydrogen-bond donors (Lipinski definition) is 1. The third-order valence-corrected chi connectivity index (χ3v) is 3.74. The van der Waals surface area contributed by atoms with E-state index in [1.54, 1.807) is 7.11 Å². The molecule has 106 valence electrons. The van der Waals surface area contributed by atoms with Crippen LogP contribution in [0, 0.1) is 0 Å². The first-order chi connectivity index (χ1) is 9.74. The normalized spacial score (nSPS) is 13.9. The largest absolute Gasteiger partial charge is 0.375 e. The maximum Gasteiger partial charge on any atom is 0.0977 e. The molecule has 0 amide bonds. The Kier molecular flexibility index (Phi) is 5.60. The monoisotopic (exact) mass is 289 g/mol. The zero-order valence-corrected chi connectivity index (χ0v) is 12.6. The van der Waals surface area contributed by atoms with Crippen LogP contribution in [0.5, 0.6) is 0 Å².